The van der Waals surface area contributed by atoms with Crippen molar-refractivity contribution in [3.8, 4) is 5.75 Å². The summed E-state index contributed by atoms with van der Waals surface area (Å²) < 4.78 is 15.1. The first kappa shape index (κ1) is 21.8. The third-order valence-corrected chi connectivity index (χ3v) is 3.72. The van der Waals surface area contributed by atoms with Crippen LogP contribution in [-0.4, -0.2) is 44.0 Å². The average Bonchev–Trinajstić information content (AvgIpc) is 2.58. The van der Waals surface area contributed by atoms with Crippen LogP contribution in [0.5, 0.6) is 5.75 Å². The van der Waals surface area contributed by atoms with E-state index in [4.69, 9.17) is 19.9 Å². The van der Waals surface area contributed by atoms with Crippen LogP contribution in [0.2, 0.25) is 0 Å². The highest BCUT2D eigenvalue weighted by Gasteiger charge is 2.30. The molecule has 7 heteroatoms. The summed E-state index contributed by atoms with van der Waals surface area (Å²) in [5, 5.41) is 2.51. The normalized spacial score (nSPS) is 13.5. The van der Waals surface area contributed by atoms with Gasteiger partial charge in [-0.3, -0.25) is 0 Å². The second-order valence-electron chi connectivity index (χ2n) is 7.05. The zero-order chi connectivity index (χ0) is 19.7. The molecule has 0 aliphatic rings. The molecule has 0 aliphatic carbocycles. The maximum atomic E-state index is 12.0. The summed E-state index contributed by atoms with van der Waals surface area (Å²) in [6, 6.07) is 6.24. The lowest BCUT2D eigenvalue weighted by atomic mass is 10.00. The van der Waals surface area contributed by atoms with Crippen LogP contribution < -0.4 is 15.8 Å². The molecule has 0 spiro atoms. The highest BCUT2D eigenvalue weighted by atomic mass is 16.6. The van der Waals surface area contributed by atoms with Gasteiger partial charge in [0, 0.05) is 6.04 Å². The van der Waals surface area contributed by atoms with E-state index in [1.165, 1.54) is 7.11 Å². The van der Waals surface area contributed by atoms with Gasteiger partial charge >= 0.3 is 12.1 Å². The Bertz CT molecular complexity index is 581. The van der Waals surface area contributed by atoms with Crippen LogP contribution in [0.4, 0.5) is 4.79 Å². The zero-order valence-electron chi connectivity index (χ0n) is 16.2. The summed E-state index contributed by atoms with van der Waals surface area (Å²) in [6.45, 7) is 5.23. The Balaban J connectivity index is 2.57. The van der Waals surface area contributed by atoms with Crippen molar-refractivity contribution in [2.45, 2.75) is 57.7 Å². The van der Waals surface area contributed by atoms with Crippen LogP contribution in [0.3, 0.4) is 0 Å². The van der Waals surface area contributed by atoms with Gasteiger partial charge < -0.3 is 25.3 Å². The topological polar surface area (TPSA) is 99.9 Å². The Hall–Kier alpha value is -2.28. The fraction of sp³-hybridized carbons (Fsp3) is 0.579. The maximum Gasteiger partial charge on any atom is 0.408 e. The van der Waals surface area contributed by atoms with Gasteiger partial charge in [-0.25, -0.2) is 9.59 Å². The molecule has 0 fully saturated rings. The van der Waals surface area contributed by atoms with Crippen LogP contribution >= 0.6 is 0 Å². The van der Waals surface area contributed by atoms with Crippen LogP contribution in [-0.2, 0) is 20.7 Å². The van der Waals surface area contributed by atoms with Crippen molar-refractivity contribution < 1.29 is 23.8 Å². The molecule has 0 bridgehead atoms. The van der Waals surface area contributed by atoms with Gasteiger partial charge in [-0.05, 0) is 57.7 Å². The minimum Gasteiger partial charge on any atom is -0.497 e. The van der Waals surface area contributed by atoms with E-state index in [1.54, 1.807) is 27.9 Å². The van der Waals surface area contributed by atoms with Crippen LogP contribution in [0.15, 0.2) is 24.3 Å². The van der Waals surface area contributed by atoms with Gasteiger partial charge in [-0.2, -0.15) is 0 Å². The first-order valence-corrected chi connectivity index (χ1v) is 8.62. The van der Waals surface area contributed by atoms with E-state index in [-0.39, 0.29) is 0 Å². The Morgan fingerprint density at radius 3 is 2.27 bits per heavy atom. The standard InChI is InChI=1S/C19H30N2O5/c1-19(2,3)26-18(23)21-16(17(22)25-5)15(20)8-6-7-13-9-11-14(24-4)12-10-13/h9-12,15-16H,6-8,20H2,1-5H3,(H,21,23)/t15-,16+/m0/s1. The molecule has 146 valence electrons. The Morgan fingerprint density at radius 2 is 1.77 bits per heavy atom. The monoisotopic (exact) mass is 366 g/mol. The highest BCUT2D eigenvalue weighted by molar-refractivity contribution is 5.82. The minimum atomic E-state index is -0.953. The van der Waals surface area contributed by atoms with Gasteiger partial charge in [0.2, 0.25) is 0 Å². The maximum absolute atomic E-state index is 12.0. The van der Waals surface area contributed by atoms with Gasteiger partial charge in [0.05, 0.1) is 14.2 Å². The molecule has 1 amide bonds. The van der Waals surface area contributed by atoms with Crippen LogP contribution in [0.1, 0.15) is 39.2 Å². The largest absolute Gasteiger partial charge is 0.497 e. The Labute approximate surface area is 155 Å². The summed E-state index contributed by atoms with van der Waals surface area (Å²) in [6.07, 6.45) is 1.41. The lowest BCUT2D eigenvalue weighted by molar-refractivity contribution is -0.143. The molecule has 1 aromatic carbocycles. The molecule has 1 rings (SSSR count). The summed E-state index contributed by atoms with van der Waals surface area (Å²) in [5.41, 5.74) is 6.61. The van der Waals surface area contributed by atoms with E-state index in [0.717, 1.165) is 24.2 Å². The predicted molar refractivity (Wildman–Crippen MR) is 99.1 cm³/mol. The highest BCUT2D eigenvalue weighted by Crippen LogP contribution is 2.14. The van der Waals surface area contributed by atoms with Crippen molar-refractivity contribution in [2.75, 3.05) is 14.2 Å². The van der Waals surface area contributed by atoms with Crippen LogP contribution in [0, 0.1) is 0 Å². The second kappa shape index (κ2) is 10.0. The number of rotatable bonds is 8. The van der Waals surface area contributed by atoms with Crippen molar-refractivity contribution in [2.24, 2.45) is 5.73 Å². The summed E-state index contributed by atoms with van der Waals surface area (Å²) >= 11 is 0. The summed E-state index contributed by atoms with van der Waals surface area (Å²) in [7, 11) is 2.88. The molecular formula is C19H30N2O5. The minimum absolute atomic E-state index is 0.543. The van der Waals surface area contributed by atoms with E-state index >= 15 is 0 Å². The quantitative estimate of drug-likeness (QED) is 0.685. The van der Waals surface area contributed by atoms with Crippen molar-refractivity contribution in [1.82, 2.24) is 5.32 Å². The molecule has 0 saturated carbocycles. The SMILES string of the molecule is COC(=O)[C@H](NC(=O)OC(C)(C)C)[C@@H](N)CCCc1ccc(OC)cc1. The molecule has 0 heterocycles. The first-order valence-electron chi connectivity index (χ1n) is 8.62. The average molecular weight is 366 g/mol. The molecule has 1 aromatic rings. The van der Waals surface area contributed by atoms with Crippen molar-refractivity contribution >= 4 is 12.1 Å². The molecule has 26 heavy (non-hydrogen) atoms. The number of alkyl carbamates (subject to hydrolysis) is 1. The number of aryl methyl sites for hydroxylation is 1. The van der Waals surface area contributed by atoms with E-state index in [0.29, 0.717) is 6.42 Å². The molecule has 7 nitrogen and oxygen atoms in total. The lowest BCUT2D eigenvalue weighted by Gasteiger charge is -2.25. The number of methoxy groups -OCH3 is 2. The molecule has 2 atom stereocenters. The van der Waals surface area contributed by atoms with Gasteiger partial charge in [0.25, 0.3) is 0 Å². The number of esters is 1. The third kappa shape index (κ3) is 7.74. The number of hydrogen-bond acceptors (Lipinski definition) is 6. The van der Waals surface area contributed by atoms with Crippen molar-refractivity contribution in [3.05, 3.63) is 29.8 Å². The zero-order valence-corrected chi connectivity index (χ0v) is 16.2. The second-order valence-corrected chi connectivity index (χ2v) is 7.05. The third-order valence-electron chi connectivity index (χ3n) is 3.72. The summed E-state index contributed by atoms with van der Waals surface area (Å²) in [4.78, 5) is 23.9. The van der Waals surface area contributed by atoms with Gasteiger partial charge in [0.1, 0.15) is 17.4 Å². The molecule has 0 aliphatic heterocycles. The summed E-state index contributed by atoms with van der Waals surface area (Å²) in [5.74, 6) is 0.213. The Kier molecular flexibility index (Phi) is 8.38. The van der Waals surface area contributed by atoms with E-state index in [2.05, 4.69) is 5.32 Å². The Morgan fingerprint density at radius 1 is 1.15 bits per heavy atom. The van der Waals surface area contributed by atoms with E-state index in [1.807, 2.05) is 24.3 Å². The molecule has 3 N–H and O–H groups in total. The lowest BCUT2D eigenvalue weighted by Crippen LogP contribution is -2.53. The van der Waals surface area contributed by atoms with Gasteiger partial charge in [-0.1, -0.05) is 12.1 Å². The smallest absolute Gasteiger partial charge is 0.408 e. The number of carbonyl (C=O) groups excluding carboxylic acids is 2. The fourth-order valence-electron chi connectivity index (χ4n) is 2.40. The van der Waals surface area contributed by atoms with Crippen molar-refractivity contribution in [1.29, 1.82) is 0 Å². The van der Waals surface area contributed by atoms with Crippen LogP contribution in [0.25, 0.3) is 0 Å². The molecule has 0 saturated heterocycles. The molecule has 0 aromatic heterocycles. The predicted octanol–water partition coefficient (Wildman–Crippen LogP) is 2.41. The molecule has 0 unspecified atom stereocenters. The number of nitrogens with one attached hydrogen (secondary N) is 1. The number of amides is 1. The number of carbonyl (C=O) groups is 2. The fourth-order valence-corrected chi connectivity index (χ4v) is 2.40. The molecular weight excluding hydrogens is 336 g/mol. The van der Waals surface area contributed by atoms with E-state index < -0.39 is 29.7 Å². The van der Waals surface area contributed by atoms with Crippen molar-refractivity contribution in [3.63, 3.8) is 0 Å². The number of hydrogen-bond donors (Lipinski definition) is 2. The number of ether oxygens (including phenoxy) is 3. The van der Waals surface area contributed by atoms with Gasteiger partial charge in [0.15, 0.2) is 0 Å². The number of benzene rings is 1. The van der Waals surface area contributed by atoms with Gasteiger partial charge in [-0.15, -0.1) is 0 Å². The first-order chi connectivity index (χ1) is 12.2. The number of nitrogens with two attached hydrogens (primary N) is 1. The van der Waals surface area contributed by atoms with E-state index in [9.17, 15) is 9.59 Å². The molecule has 0 radical (unpaired) electrons.